The standard InChI is InChI=1S/C38H38N2O11/c1-20-11-22-12-24(48-2)13-29(32(22)34(44)31(20)28(42)16-40-15-21-7-3-4-9-26(21)36(40)46)50-37-38(47,19-41)35(45)33(43)30(51-37)18-49-17-23-14-39-27-10-6-5-8-25(23)27/h3-14,30,33,35,37,39,41,43-45,47H,15-19H2,1-2H3. The second-order valence-corrected chi connectivity index (χ2v) is 13.0. The third-order valence-electron chi connectivity index (χ3n) is 9.72. The maximum absolute atomic E-state index is 13.7. The number of rotatable bonds is 11. The number of phenols is 1. The molecule has 51 heavy (non-hydrogen) atoms. The average molecular weight is 699 g/mol. The molecule has 2 aliphatic heterocycles. The number of hydrogen-bond donors (Lipinski definition) is 6. The first kappa shape index (κ1) is 34.4. The van der Waals surface area contributed by atoms with Gasteiger partial charge >= 0.3 is 0 Å². The van der Waals surface area contributed by atoms with Crippen molar-refractivity contribution in [2.75, 3.05) is 26.9 Å². The van der Waals surface area contributed by atoms with Crippen molar-refractivity contribution in [1.82, 2.24) is 9.88 Å². The number of carbonyl (C=O) groups is 2. The second-order valence-electron chi connectivity index (χ2n) is 13.0. The van der Waals surface area contributed by atoms with Gasteiger partial charge in [0, 0.05) is 40.8 Å². The molecule has 0 saturated carbocycles. The fourth-order valence-corrected chi connectivity index (χ4v) is 6.94. The number of carbonyl (C=O) groups excluding carboxylic acids is 2. The van der Waals surface area contributed by atoms with Crippen LogP contribution in [0.4, 0.5) is 0 Å². The molecule has 1 fully saturated rings. The van der Waals surface area contributed by atoms with Crippen molar-refractivity contribution in [3.05, 3.63) is 101 Å². The summed E-state index contributed by atoms with van der Waals surface area (Å²) in [6.45, 7) is 0.462. The van der Waals surface area contributed by atoms with Crippen LogP contribution in [-0.4, -0.2) is 104 Å². The number of fused-ring (bicyclic) bond motifs is 3. The normalized spacial score (nSPS) is 23.2. The van der Waals surface area contributed by atoms with Crippen molar-refractivity contribution < 1.29 is 54.1 Å². The lowest BCUT2D eigenvalue weighted by atomic mass is 9.87. The maximum Gasteiger partial charge on any atom is 0.254 e. The molecule has 13 nitrogen and oxygen atoms in total. The number of benzene rings is 4. The minimum Gasteiger partial charge on any atom is -0.506 e. The summed E-state index contributed by atoms with van der Waals surface area (Å²) in [5.41, 5.74) is 0.967. The van der Waals surface area contributed by atoms with Crippen LogP contribution in [0, 0.1) is 6.92 Å². The van der Waals surface area contributed by atoms with Crippen LogP contribution in [0.2, 0.25) is 0 Å². The van der Waals surface area contributed by atoms with Crippen LogP contribution >= 0.6 is 0 Å². The van der Waals surface area contributed by atoms with Crippen LogP contribution in [0.3, 0.4) is 0 Å². The molecule has 0 radical (unpaired) electrons. The molecular formula is C38H38N2O11. The van der Waals surface area contributed by atoms with Crippen LogP contribution in [-0.2, 0) is 22.6 Å². The molecule has 0 spiro atoms. The van der Waals surface area contributed by atoms with Crippen LogP contribution in [0.25, 0.3) is 21.7 Å². The van der Waals surface area contributed by atoms with E-state index in [-0.39, 0.29) is 48.9 Å². The molecule has 0 bridgehead atoms. The summed E-state index contributed by atoms with van der Waals surface area (Å²) in [5.74, 6) is -1.07. The lowest BCUT2D eigenvalue weighted by Gasteiger charge is -2.47. The van der Waals surface area contributed by atoms with Gasteiger partial charge in [0.05, 0.1) is 44.4 Å². The highest BCUT2D eigenvalue weighted by molar-refractivity contribution is 6.10. The number of aromatic amines is 1. The van der Waals surface area contributed by atoms with E-state index in [1.807, 2.05) is 36.4 Å². The Balaban J connectivity index is 1.17. The molecule has 4 aromatic carbocycles. The van der Waals surface area contributed by atoms with Gasteiger partial charge in [0.15, 0.2) is 11.4 Å². The second kappa shape index (κ2) is 13.6. The van der Waals surface area contributed by atoms with E-state index in [4.69, 9.17) is 18.9 Å². The number of aliphatic hydroxyl groups is 4. The van der Waals surface area contributed by atoms with Gasteiger partial charge in [-0.3, -0.25) is 9.59 Å². The number of phenolic OH excluding ortho intramolecular Hbond substituents is 1. The zero-order valence-electron chi connectivity index (χ0n) is 27.9. The number of para-hydroxylation sites is 1. The van der Waals surface area contributed by atoms with E-state index in [1.165, 1.54) is 18.1 Å². The number of methoxy groups -OCH3 is 1. The summed E-state index contributed by atoms with van der Waals surface area (Å²) in [7, 11) is 1.42. The lowest BCUT2D eigenvalue weighted by Crippen LogP contribution is -2.69. The number of aromatic nitrogens is 1. The fourth-order valence-electron chi connectivity index (χ4n) is 6.94. The van der Waals surface area contributed by atoms with Crippen molar-refractivity contribution >= 4 is 33.4 Å². The summed E-state index contributed by atoms with van der Waals surface area (Å²) < 4.78 is 23.4. The third kappa shape index (κ3) is 6.07. The van der Waals surface area contributed by atoms with E-state index in [0.717, 1.165) is 22.0 Å². The maximum atomic E-state index is 13.7. The number of aryl methyl sites for hydroxylation is 1. The Hall–Kier alpha value is -5.02. The first-order chi connectivity index (χ1) is 24.5. The molecule has 2 aliphatic rings. The minimum absolute atomic E-state index is 0.0396. The van der Waals surface area contributed by atoms with Crippen molar-refractivity contribution in [3.8, 4) is 17.2 Å². The summed E-state index contributed by atoms with van der Waals surface area (Å²) in [5, 5.41) is 56.8. The first-order valence-corrected chi connectivity index (χ1v) is 16.4. The van der Waals surface area contributed by atoms with Crippen LogP contribution < -0.4 is 9.47 Å². The van der Waals surface area contributed by atoms with Gasteiger partial charge in [-0.05, 0) is 41.6 Å². The Bertz CT molecular complexity index is 2130. The van der Waals surface area contributed by atoms with Gasteiger partial charge in [-0.25, -0.2) is 0 Å². The predicted octanol–water partition coefficient (Wildman–Crippen LogP) is 2.95. The van der Waals surface area contributed by atoms with Crippen LogP contribution in [0.5, 0.6) is 17.2 Å². The Labute approximate surface area is 292 Å². The lowest BCUT2D eigenvalue weighted by molar-refractivity contribution is -0.329. The molecule has 5 unspecified atom stereocenters. The quantitative estimate of drug-likeness (QED) is 0.111. The SMILES string of the molecule is COc1cc(OC2OC(COCc3c[nH]c4ccccc34)C(O)C(O)C2(O)CO)c2c(O)c(C(=O)CN3Cc4ccccc4C3=O)c(C)cc2c1. The molecule has 266 valence electrons. The molecule has 1 saturated heterocycles. The number of nitrogens with zero attached hydrogens (tertiary/aromatic N) is 1. The molecule has 1 aromatic heterocycles. The predicted molar refractivity (Wildman–Crippen MR) is 184 cm³/mol. The van der Waals surface area contributed by atoms with Crippen LogP contribution in [0.1, 0.15) is 37.4 Å². The number of ketones is 1. The van der Waals surface area contributed by atoms with Crippen molar-refractivity contribution in [1.29, 1.82) is 0 Å². The van der Waals surface area contributed by atoms with Gasteiger partial charge in [0.1, 0.15) is 35.6 Å². The van der Waals surface area contributed by atoms with E-state index in [0.29, 0.717) is 22.3 Å². The van der Waals surface area contributed by atoms with Crippen molar-refractivity contribution in [3.63, 3.8) is 0 Å². The van der Waals surface area contributed by atoms with Gasteiger partial charge in [-0.1, -0.05) is 42.5 Å². The minimum atomic E-state index is -2.52. The highest BCUT2D eigenvalue weighted by Gasteiger charge is 2.56. The smallest absolute Gasteiger partial charge is 0.254 e. The monoisotopic (exact) mass is 698 g/mol. The number of Topliss-reactive ketones (excluding diaryl/α,β-unsaturated/α-hetero) is 1. The Morgan fingerprint density at radius 2 is 1.86 bits per heavy atom. The molecule has 13 heteroatoms. The molecule has 5 aromatic rings. The number of aliphatic hydroxyl groups excluding tert-OH is 3. The van der Waals surface area contributed by atoms with E-state index >= 15 is 0 Å². The van der Waals surface area contributed by atoms with Gasteiger partial charge in [-0.2, -0.15) is 0 Å². The molecule has 0 aliphatic carbocycles. The highest BCUT2D eigenvalue weighted by atomic mass is 16.7. The number of amides is 1. The van der Waals surface area contributed by atoms with Gasteiger partial charge in [0.25, 0.3) is 5.91 Å². The van der Waals surface area contributed by atoms with E-state index in [9.17, 15) is 35.1 Å². The van der Waals surface area contributed by atoms with Crippen molar-refractivity contribution in [2.24, 2.45) is 0 Å². The first-order valence-electron chi connectivity index (χ1n) is 16.4. The molecule has 3 heterocycles. The summed E-state index contributed by atoms with van der Waals surface area (Å²) in [4.78, 5) is 31.3. The molecule has 7 rings (SSSR count). The zero-order chi connectivity index (χ0) is 36.0. The average Bonchev–Trinajstić information content (AvgIpc) is 3.68. The fraction of sp³-hybridized carbons (Fsp3) is 0.316. The molecule has 5 atom stereocenters. The molecule has 1 amide bonds. The highest BCUT2D eigenvalue weighted by Crippen LogP contribution is 2.43. The van der Waals surface area contributed by atoms with Gasteiger partial charge < -0.3 is 54.4 Å². The van der Waals surface area contributed by atoms with Gasteiger partial charge in [-0.15, -0.1) is 0 Å². The Morgan fingerprint density at radius 1 is 1.10 bits per heavy atom. The largest absolute Gasteiger partial charge is 0.506 e. The Morgan fingerprint density at radius 3 is 2.63 bits per heavy atom. The number of nitrogens with one attached hydrogen (secondary N) is 1. The van der Waals surface area contributed by atoms with Gasteiger partial charge in [0.2, 0.25) is 6.29 Å². The number of H-pyrrole nitrogens is 1. The number of ether oxygens (including phenoxy) is 4. The van der Waals surface area contributed by atoms with E-state index in [1.54, 1.807) is 37.4 Å². The van der Waals surface area contributed by atoms with E-state index in [2.05, 4.69) is 4.98 Å². The summed E-state index contributed by atoms with van der Waals surface area (Å²) >= 11 is 0. The number of hydrogen-bond acceptors (Lipinski definition) is 11. The van der Waals surface area contributed by atoms with Crippen molar-refractivity contribution in [2.45, 2.75) is 50.3 Å². The zero-order valence-corrected chi connectivity index (χ0v) is 27.9. The van der Waals surface area contributed by atoms with Crippen LogP contribution in [0.15, 0.2) is 72.9 Å². The van der Waals surface area contributed by atoms with E-state index < -0.39 is 48.3 Å². The third-order valence-corrected chi connectivity index (χ3v) is 9.72. The molecular weight excluding hydrogens is 660 g/mol. The summed E-state index contributed by atoms with van der Waals surface area (Å²) in [6, 6.07) is 19.4. The molecule has 6 N–H and O–H groups in total. The Kier molecular flexibility index (Phi) is 9.18. The summed E-state index contributed by atoms with van der Waals surface area (Å²) in [6.07, 6.45) is -4.81. The number of aromatic hydroxyl groups is 1. The topological polar surface area (TPSA) is 191 Å².